The van der Waals surface area contributed by atoms with E-state index >= 15 is 0 Å². The molecule has 210 valence electrons. The Bertz CT molecular complexity index is 467. The summed E-state index contributed by atoms with van der Waals surface area (Å²) in [6, 6.07) is 11.1. The summed E-state index contributed by atoms with van der Waals surface area (Å²) < 4.78 is 9.19. The van der Waals surface area contributed by atoms with Gasteiger partial charge in [0.25, 0.3) is 0 Å². The van der Waals surface area contributed by atoms with Crippen LogP contribution in [0.3, 0.4) is 0 Å². The fraction of sp³-hybridized carbons (Fsp3) is 0.800. The molecule has 0 unspecified atom stereocenters. The number of para-hydroxylation sites is 1. The normalized spacial score (nSPS) is 9.11. The number of methoxy groups -OCH3 is 1. The van der Waals surface area contributed by atoms with Gasteiger partial charge in [0.15, 0.2) is 0 Å². The standard InChI is InChI=1S/C6H5N.C3H8O.C3H8.8C2H5.CH4.CH2.4Al/c7-6-4-2-1-3-5-6;1-3-4-2;1-3-2;8*1-2;;;;;;/h1-5H;3H2,1-2H3;3H2,1-2H3;8*1H2,2H3;1H4;1H2;;;;. The van der Waals surface area contributed by atoms with Gasteiger partial charge in [-0.25, -0.2) is 0 Å². The van der Waals surface area contributed by atoms with Gasteiger partial charge in [-0.1, -0.05) is 144 Å². The van der Waals surface area contributed by atoms with Crippen LogP contribution in [0, 0.1) is 0 Å². The van der Waals surface area contributed by atoms with Gasteiger partial charge in [0.05, 0.1) is 0 Å². The summed E-state index contributed by atoms with van der Waals surface area (Å²) >= 11 is -1.91. The van der Waals surface area contributed by atoms with Crippen molar-refractivity contribution < 1.29 is 4.74 Å². The van der Waals surface area contributed by atoms with Crippen LogP contribution in [0.25, 0.3) is 0 Å². The zero-order valence-corrected chi connectivity index (χ0v) is 30.9. The lowest BCUT2D eigenvalue weighted by Gasteiger charge is -2.36. The van der Waals surface area contributed by atoms with Crippen molar-refractivity contribution in [3.63, 3.8) is 0 Å². The minimum atomic E-state index is -0.732. The number of anilines is 1. The van der Waals surface area contributed by atoms with E-state index in [-0.39, 0.29) is 35.7 Å². The Kier molecular flexibility index (Phi) is 41.9. The van der Waals surface area contributed by atoms with Crippen molar-refractivity contribution in [1.29, 1.82) is 0 Å². The average molecular weight is 566 g/mol. The van der Waals surface area contributed by atoms with E-state index in [4.69, 9.17) is 0 Å². The van der Waals surface area contributed by atoms with Gasteiger partial charge in [0, 0.05) is 13.7 Å². The molecule has 0 aliphatic carbocycles. The minimum absolute atomic E-state index is 0. The Balaban J connectivity index is -0.000000232. The Morgan fingerprint density at radius 3 is 1.11 bits per heavy atom. The molecule has 1 aromatic rings. The molecule has 1 aromatic carbocycles. The van der Waals surface area contributed by atoms with Gasteiger partial charge in [0.1, 0.15) is 0 Å². The van der Waals surface area contributed by atoms with Crippen LogP contribution in [0.5, 0.6) is 0 Å². The molecule has 0 saturated heterocycles. The third-order valence-corrected chi connectivity index (χ3v) is 25.4. The Morgan fingerprint density at radius 1 is 0.583 bits per heavy atom. The first-order valence-corrected chi connectivity index (χ1v) is 24.4. The summed E-state index contributed by atoms with van der Waals surface area (Å²) in [6.07, 6.45) is 1.25. The predicted molar refractivity (Wildman–Crippen MR) is 181 cm³/mol. The molecule has 0 saturated carbocycles. The van der Waals surface area contributed by atoms with E-state index < -0.39 is 28.7 Å². The second-order valence-corrected chi connectivity index (χ2v) is 25.8. The van der Waals surface area contributed by atoms with Crippen LogP contribution < -0.4 is 2.87 Å². The molecular formula is C30H67Al4NO. The summed E-state index contributed by atoms with van der Waals surface area (Å²) in [7, 11) is 1.68. The Morgan fingerprint density at radius 2 is 0.889 bits per heavy atom. The molecule has 0 spiro atoms. The van der Waals surface area contributed by atoms with E-state index in [9.17, 15) is 0 Å². The van der Waals surface area contributed by atoms with Crippen LogP contribution in [-0.4, -0.2) is 70.8 Å². The first kappa shape index (κ1) is 44.1. The largest absolute Gasteiger partial charge is 0.559 e. The van der Waals surface area contributed by atoms with Crippen LogP contribution in [0.1, 0.15) is 90.0 Å². The van der Waals surface area contributed by atoms with Gasteiger partial charge in [-0.15, -0.1) is 4.14 Å². The molecule has 6 heteroatoms. The number of nitrogens with zero attached hydrogens (tertiary/aromatic N) is 1. The Hall–Kier alpha value is 1.11. The first-order chi connectivity index (χ1) is 16.9. The minimum Gasteiger partial charge on any atom is -0.559 e. The van der Waals surface area contributed by atoms with Crippen molar-refractivity contribution in [1.82, 2.24) is 0 Å². The summed E-state index contributed by atoms with van der Waals surface area (Å²) in [4.78, 5) is 0. The number of rotatable bonds is 14. The molecule has 0 atom stereocenters. The lowest BCUT2D eigenvalue weighted by atomic mass is 10.3. The maximum absolute atomic E-state index is 4.54. The van der Waals surface area contributed by atoms with Gasteiger partial charge in [0.2, 0.25) is 28.3 Å². The van der Waals surface area contributed by atoms with E-state index in [1.807, 2.05) is 6.92 Å². The van der Waals surface area contributed by atoms with Crippen LogP contribution in [-0.2, 0) is 4.74 Å². The van der Waals surface area contributed by atoms with Gasteiger partial charge >= 0.3 is 28.7 Å². The highest BCUT2D eigenvalue weighted by atomic mass is 27.3. The Labute approximate surface area is 249 Å². The van der Waals surface area contributed by atoms with E-state index in [2.05, 4.69) is 107 Å². The average Bonchev–Trinajstić information content (AvgIpc) is 2.91. The van der Waals surface area contributed by atoms with Gasteiger partial charge < -0.3 is 7.60 Å². The first-order valence-electron chi connectivity index (χ1n) is 15.2. The fourth-order valence-corrected chi connectivity index (χ4v) is 23.5. The third kappa shape index (κ3) is 23.0. The maximum atomic E-state index is 4.54. The molecule has 0 aliphatic rings. The van der Waals surface area contributed by atoms with Crippen LogP contribution in [0.15, 0.2) is 30.3 Å². The summed E-state index contributed by atoms with van der Waals surface area (Å²) in [5.41, 5.74) is 1.51. The van der Waals surface area contributed by atoms with E-state index in [1.54, 1.807) is 32.4 Å². The van der Waals surface area contributed by atoms with Crippen molar-refractivity contribution in [2.45, 2.75) is 136 Å². The van der Waals surface area contributed by atoms with Crippen molar-refractivity contribution in [2.75, 3.05) is 16.6 Å². The van der Waals surface area contributed by atoms with Gasteiger partial charge in [-0.05, 0) is 24.7 Å². The highest BCUT2D eigenvalue weighted by molar-refractivity contribution is 6.83. The van der Waals surface area contributed by atoms with Gasteiger partial charge in [-0.3, -0.25) is 0 Å². The predicted octanol–water partition coefficient (Wildman–Crippen LogP) is 10.9. The molecule has 0 aliphatic heterocycles. The maximum Gasteiger partial charge on any atom is 0.387 e. The molecule has 0 N–H and O–H groups in total. The summed E-state index contributed by atoms with van der Waals surface area (Å²) in [5, 5.41) is 11.8. The summed E-state index contributed by atoms with van der Waals surface area (Å²) in [5.74, 6) is 0. The number of hydrogen-bond acceptors (Lipinski definition) is 2. The van der Waals surface area contributed by atoms with E-state index in [1.165, 1.54) is 33.2 Å². The van der Waals surface area contributed by atoms with Crippen molar-refractivity contribution >= 4 is 62.7 Å². The molecular weight excluding hydrogens is 498 g/mol. The zero-order chi connectivity index (χ0) is 27.5. The molecule has 0 heterocycles. The molecule has 0 amide bonds. The lowest BCUT2D eigenvalue weighted by molar-refractivity contribution is 0.215. The highest BCUT2D eigenvalue weighted by Gasteiger charge is 2.31. The van der Waals surface area contributed by atoms with Crippen molar-refractivity contribution in [3.8, 4) is 0 Å². The van der Waals surface area contributed by atoms with Gasteiger partial charge in [-0.2, -0.15) is 0 Å². The lowest BCUT2D eigenvalue weighted by Crippen LogP contribution is -2.48. The molecule has 0 bridgehead atoms. The van der Waals surface area contributed by atoms with Crippen LogP contribution >= 0.6 is 0 Å². The highest BCUT2D eigenvalue weighted by Crippen LogP contribution is 2.23. The van der Waals surface area contributed by atoms with E-state index in [0.29, 0.717) is 0 Å². The topological polar surface area (TPSA) is 12.5 Å². The monoisotopic (exact) mass is 565 g/mol. The molecule has 0 radical (unpaired) electrons. The number of hydrogen-bond donors (Lipinski definition) is 0. The van der Waals surface area contributed by atoms with Crippen LogP contribution in [0.2, 0.25) is 46.4 Å². The molecule has 0 aromatic heterocycles. The second kappa shape index (κ2) is 34.1. The second-order valence-electron chi connectivity index (χ2n) is 9.57. The quantitative estimate of drug-likeness (QED) is 0.208. The van der Waals surface area contributed by atoms with Crippen molar-refractivity contribution in [3.05, 3.63) is 30.3 Å². The third-order valence-electron chi connectivity index (χ3n) is 6.99. The van der Waals surface area contributed by atoms with Crippen LogP contribution in [0.4, 0.5) is 5.69 Å². The van der Waals surface area contributed by atoms with E-state index in [0.717, 1.165) is 6.61 Å². The number of benzene rings is 1. The molecule has 36 heavy (non-hydrogen) atoms. The SMILES string of the molecule is C.CCC.CCOC.C[CH2][Al]([CH2]C)[CH2][Al]([CH2]C)[CH2]C.C[CH2][Al]([CH2]C)[N](c1ccccc1)[Al]([CH2]C)[CH2]C. The molecule has 0 fully saturated rings. The smallest absolute Gasteiger partial charge is 0.387 e. The molecule has 1 rings (SSSR count). The molecule has 2 nitrogen and oxygen atoms in total. The zero-order valence-electron chi connectivity index (χ0n) is 26.3. The van der Waals surface area contributed by atoms with Crippen molar-refractivity contribution in [2.24, 2.45) is 0 Å². The number of ether oxygens (including phenoxy) is 1. The fourth-order valence-electron chi connectivity index (χ4n) is 4.40. The summed E-state index contributed by atoms with van der Waals surface area (Å²) in [6.45, 7) is 26.2.